The van der Waals surface area contributed by atoms with Crippen molar-refractivity contribution in [2.24, 2.45) is 0 Å². The number of nitrogens with one attached hydrogen (secondary N) is 1. The lowest BCUT2D eigenvalue weighted by Gasteiger charge is -2.22. The van der Waals surface area contributed by atoms with Crippen molar-refractivity contribution in [2.75, 3.05) is 10.7 Å². The van der Waals surface area contributed by atoms with Crippen molar-refractivity contribution in [3.8, 4) is 22.5 Å². The number of hydrogen-bond acceptors (Lipinski definition) is 3. The number of para-hydroxylation sites is 1. The molecule has 0 radical (unpaired) electrons. The van der Waals surface area contributed by atoms with Gasteiger partial charge in [0.25, 0.3) is 0 Å². The van der Waals surface area contributed by atoms with Crippen LogP contribution in [0.5, 0.6) is 0 Å². The average Bonchev–Trinajstić information content (AvgIpc) is 3.39. The van der Waals surface area contributed by atoms with Crippen LogP contribution in [0.15, 0.2) is 90.1 Å². The van der Waals surface area contributed by atoms with Crippen molar-refractivity contribution < 1.29 is 4.79 Å². The quantitative estimate of drug-likeness (QED) is 0.410. The number of anilines is 1. The fourth-order valence-electron chi connectivity index (χ4n) is 4.18. The van der Waals surface area contributed by atoms with Crippen LogP contribution in [0.25, 0.3) is 22.5 Å². The molecule has 1 aliphatic heterocycles. The molecule has 154 valence electrons. The Kier molecular flexibility index (Phi) is 5.35. The number of imidazole rings is 1. The van der Waals surface area contributed by atoms with Crippen molar-refractivity contribution in [2.45, 2.75) is 24.5 Å². The number of carbonyl (C=O) groups is 1. The number of carbonyl (C=O) groups excluding carboxylic acids is 1. The molecule has 0 saturated carbocycles. The van der Waals surface area contributed by atoms with Crippen LogP contribution < -0.4 is 4.90 Å². The van der Waals surface area contributed by atoms with Gasteiger partial charge >= 0.3 is 0 Å². The van der Waals surface area contributed by atoms with Gasteiger partial charge in [0.15, 0.2) is 5.16 Å². The summed E-state index contributed by atoms with van der Waals surface area (Å²) in [6.07, 6.45) is 0.906. The Bertz CT molecular complexity index is 1150. The second-order valence-corrected chi connectivity index (χ2v) is 8.70. The maximum atomic E-state index is 13.1. The van der Waals surface area contributed by atoms with Gasteiger partial charge in [-0.25, -0.2) is 4.98 Å². The number of hydrogen-bond donors (Lipinski definition) is 1. The number of aromatic nitrogens is 2. The molecule has 31 heavy (non-hydrogen) atoms. The predicted molar refractivity (Wildman–Crippen MR) is 127 cm³/mol. The van der Waals surface area contributed by atoms with Crippen molar-refractivity contribution in [1.29, 1.82) is 0 Å². The number of amides is 1. The monoisotopic (exact) mass is 425 g/mol. The smallest absolute Gasteiger partial charge is 0.237 e. The van der Waals surface area contributed by atoms with Gasteiger partial charge in [0.05, 0.1) is 17.1 Å². The van der Waals surface area contributed by atoms with Crippen LogP contribution in [0.4, 0.5) is 5.69 Å². The van der Waals surface area contributed by atoms with Crippen LogP contribution in [0.2, 0.25) is 0 Å². The zero-order valence-electron chi connectivity index (χ0n) is 17.3. The molecule has 0 spiro atoms. The van der Waals surface area contributed by atoms with Crippen molar-refractivity contribution in [3.05, 3.63) is 90.5 Å². The van der Waals surface area contributed by atoms with Crippen molar-refractivity contribution >= 4 is 23.4 Å². The fraction of sp³-hybridized carbons (Fsp3) is 0.154. The first-order valence-electron chi connectivity index (χ1n) is 10.4. The van der Waals surface area contributed by atoms with Crippen LogP contribution in [0, 0.1) is 0 Å². The number of fused-ring (bicyclic) bond motifs is 1. The Labute approximate surface area is 186 Å². The molecule has 1 unspecified atom stereocenters. The standard InChI is InChI=1S/C26H23N3OS/c1-18-16-21-14-8-9-15-22(21)29(18)23(30)17-31-26-27-24(19-10-4-2-5-11-19)25(28-26)20-12-6-3-7-13-20/h2-15,18H,16-17H2,1H3,(H,27,28). The summed E-state index contributed by atoms with van der Waals surface area (Å²) in [4.78, 5) is 23.3. The molecule has 0 aliphatic carbocycles. The highest BCUT2D eigenvalue weighted by atomic mass is 32.2. The van der Waals surface area contributed by atoms with E-state index in [9.17, 15) is 4.79 Å². The topological polar surface area (TPSA) is 49.0 Å². The zero-order chi connectivity index (χ0) is 21.2. The number of rotatable bonds is 5. The molecule has 1 atom stereocenters. The van der Waals surface area contributed by atoms with Crippen LogP contribution >= 0.6 is 11.8 Å². The van der Waals surface area contributed by atoms with Gasteiger partial charge in [0.2, 0.25) is 5.91 Å². The molecule has 0 fully saturated rings. The highest BCUT2D eigenvalue weighted by Crippen LogP contribution is 2.35. The van der Waals surface area contributed by atoms with Crippen LogP contribution in [-0.4, -0.2) is 27.7 Å². The van der Waals surface area contributed by atoms with Crippen LogP contribution in [-0.2, 0) is 11.2 Å². The van der Waals surface area contributed by atoms with Gasteiger partial charge in [-0.3, -0.25) is 4.79 Å². The summed E-state index contributed by atoms with van der Waals surface area (Å²) in [6, 6.07) is 28.7. The lowest BCUT2D eigenvalue weighted by atomic mass is 10.1. The first-order chi connectivity index (χ1) is 15.2. The van der Waals surface area contributed by atoms with E-state index in [4.69, 9.17) is 4.98 Å². The second-order valence-electron chi connectivity index (χ2n) is 7.73. The minimum Gasteiger partial charge on any atom is -0.332 e. The second kappa shape index (κ2) is 8.44. The van der Waals surface area contributed by atoms with E-state index < -0.39 is 0 Å². The maximum absolute atomic E-state index is 13.1. The van der Waals surface area contributed by atoms with E-state index in [2.05, 4.69) is 42.2 Å². The largest absolute Gasteiger partial charge is 0.332 e. The van der Waals surface area contributed by atoms with Crippen LogP contribution in [0.1, 0.15) is 12.5 Å². The van der Waals surface area contributed by atoms with E-state index in [-0.39, 0.29) is 11.9 Å². The van der Waals surface area contributed by atoms with Gasteiger partial charge in [-0.05, 0) is 25.0 Å². The van der Waals surface area contributed by atoms with Crippen LogP contribution in [0.3, 0.4) is 0 Å². The molecule has 4 nitrogen and oxygen atoms in total. The van der Waals surface area contributed by atoms with Crippen molar-refractivity contribution in [3.63, 3.8) is 0 Å². The molecule has 0 saturated heterocycles. The summed E-state index contributed by atoms with van der Waals surface area (Å²) in [5.41, 5.74) is 6.29. The summed E-state index contributed by atoms with van der Waals surface area (Å²) < 4.78 is 0. The molecule has 4 aromatic rings. The summed E-state index contributed by atoms with van der Waals surface area (Å²) in [7, 11) is 0. The summed E-state index contributed by atoms with van der Waals surface area (Å²) in [5.74, 6) is 0.454. The maximum Gasteiger partial charge on any atom is 0.237 e. The Hall–Kier alpha value is -3.31. The third-order valence-corrected chi connectivity index (χ3v) is 6.46. The van der Waals surface area contributed by atoms with E-state index in [1.54, 1.807) is 0 Å². The Morgan fingerprint density at radius 1 is 0.968 bits per heavy atom. The third-order valence-electron chi connectivity index (χ3n) is 5.60. The highest BCUT2D eigenvalue weighted by molar-refractivity contribution is 7.99. The number of benzene rings is 3. The fourth-order valence-corrected chi connectivity index (χ4v) is 4.91. The summed E-state index contributed by atoms with van der Waals surface area (Å²) in [5, 5.41) is 0.756. The normalized spacial score (nSPS) is 15.1. The zero-order valence-corrected chi connectivity index (χ0v) is 18.1. The first-order valence-corrected chi connectivity index (χ1v) is 11.4. The van der Waals surface area contributed by atoms with E-state index in [1.807, 2.05) is 59.5 Å². The number of H-pyrrole nitrogens is 1. The van der Waals surface area contributed by atoms with Gasteiger partial charge < -0.3 is 9.88 Å². The Morgan fingerprint density at radius 3 is 2.35 bits per heavy atom. The van der Waals surface area contributed by atoms with Gasteiger partial charge in [-0.15, -0.1) is 0 Å². The summed E-state index contributed by atoms with van der Waals surface area (Å²) in [6.45, 7) is 2.11. The molecule has 5 heteroatoms. The Balaban J connectivity index is 1.40. The molecule has 1 aromatic heterocycles. The van der Waals surface area contributed by atoms with E-state index in [1.165, 1.54) is 17.3 Å². The lowest BCUT2D eigenvalue weighted by molar-refractivity contribution is -0.116. The molecule has 1 aliphatic rings. The number of nitrogens with zero attached hydrogens (tertiary/aromatic N) is 2. The summed E-state index contributed by atoms with van der Waals surface area (Å²) >= 11 is 1.46. The first kappa shape index (κ1) is 19.6. The van der Waals surface area contributed by atoms with E-state index >= 15 is 0 Å². The van der Waals surface area contributed by atoms with E-state index in [0.29, 0.717) is 5.75 Å². The molecule has 0 bridgehead atoms. The third kappa shape index (κ3) is 3.89. The highest BCUT2D eigenvalue weighted by Gasteiger charge is 2.30. The minimum absolute atomic E-state index is 0.112. The molecule has 1 amide bonds. The number of aromatic amines is 1. The molecule has 1 N–H and O–H groups in total. The van der Waals surface area contributed by atoms with Gasteiger partial charge in [-0.1, -0.05) is 90.6 Å². The molecule has 2 heterocycles. The van der Waals surface area contributed by atoms with Crippen molar-refractivity contribution in [1.82, 2.24) is 9.97 Å². The predicted octanol–water partition coefficient (Wildman–Crippen LogP) is 5.81. The van der Waals surface area contributed by atoms with E-state index in [0.717, 1.165) is 39.8 Å². The average molecular weight is 426 g/mol. The molecular weight excluding hydrogens is 402 g/mol. The minimum atomic E-state index is 0.112. The van der Waals surface area contributed by atoms with Gasteiger partial charge in [0, 0.05) is 22.9 Å². The SMILES string of the molecule is CC1Cc2ccccc2N1C(=O)CSc1nc(-c2ccccc2)c(-c2ccccc2)[nH]1. The lowest BCUT2D eigenvalue weighted by Crippen LogP contribution is -2.36. The molecular formula is C26H23N3OS. The van der Waals surface area contributed by atoms with Gasteiger partial charge in [-0.2, -0.15) is 0 Å². The Morgan fingerprint density at radius 2 is 1.61 bits per heavy atom. The molecule has 3 aromatic carbocycles. The molecule has 5 rings (SSSR count). The van der Waals surface area contributed by atoms with Gasteiger partial charge in [0.1, 0.15) is 0 Å². The number of thioether (sulfide) groups is 1.